The maximum Gasteiger partial charge on any atom is 0.192 e. The van der Waals surface area contributed by atoms with E-state index in [-0.39, 0.29) is 0 Å². The van der Waals surface area contributed by atoms with Gasteiger partial charge in [0.15, 0.2) is 5.79 Å². The zero-order chi connectivity index (χ0) is 17.1. The van der Waals surface area contributed by atoms with E-state index in [1.54, 1.807) is 0 Å². The van der Waals surface area contributed by atoms with Gasteiger partial charge in [-0.05, 0) is 36.8 Å². The quantitative estimate of drug-likeness (QED) is 0.670. The van der Waals surface area contributed by atoms with Crippen molar-refractivity contribution in [1.29, 1.82) is 0 Å². The molecular formula is C22H21O2P. The van der Waals surface area contributed by atoms with E-state index in [0.29, 0.717) is 13.2 Å². The lowest BCUT2D eigenvalue weighted by Crippen LogP contribution is -2.26. The Morgan fingerprint density at radius 2 is 1.20 bits per heavy atom. The molecule has 0 aliphatic carbocycles. The van der Waals surface area contributed by atoms with Crippen LogP contribution in [0.25, 0.3) is 0 Å². The first kappa shape index (κ1) is 16.5. The van der Waals surface area contributed by atoms with Crippen molar-refractivity contribution in [3.8, 4) is 0 Å². The molecule has 0 bridgehead atoms. The average molecular weight is 348 g/mol. The molecule has 0 spiro atoms. The van der Waals surface area contributed by atoms with Gasteiger partial charge in [-0.1, -0.05) is 78.9 Å². The molecule has 4 rings (SSSR count). The van der Waals surface area contributed by atoms with E-state index in [9.17, 15) is 0 Å². The zero-order valence-electron chi connectivity index (χ0n) is 14.3. The van der Waals surface area contributed by atoms with Crippen LogP contribution in [-0.4, -0.2) is 13.2 Å². The SMILES string of the molecule is CC1(c2cccc(P(c3ccccc3)c3ccccc3)c2)OCCO1. The number of rotatable bonds is 4. The fourth-order valence-electron chi connectivity index (χ4n) is 3.21. The van der Waals surface area contributed by atoms with Crippen molar-refractivity contribution >= 4 is 23.8 Å². The molecule has 3 heteroatoms. The van der Waals surface area contributed by atoms with Crippen LogP contribution in [0.4, 0.5) is 0 Å². The predicted octanol–water partition coefficient (Wildman–Crippen LogP) is 3.66. The summed E-state index contributed by atoms with van der Waals surface area (Å²) in [5, 5.41) is 4.00. The second-order valence-corrected chi connectivity index (χ2v) is 8.42. The van der Waals surface area contributed by atoms with Crippen LogP contribution in [0.2, 0.25) is 0 Å². The lowest BCUT2D eigenvalue weighted by molar-refractivity contribution is -0.149. The van der Waals surface area contributed by atoms with Crippen molar-refractivity contribution < 1.29 is 9.47 Å². The Hall–Kier alpha value is -1.99. The Morgan fingerprint density at radius 3 is 1.76 bits per heavy atom. The lowest BCUT2D eigenvalue weighted by Gasteiger charge is -2.25. The van der Waals surface area contributed by atoms with Gasteiger partial charge in [-0.15, -0.1) is 0 Å². The van der Waals surface area contributed by atoms with Gasteiger partial charge in [-0.2, -0.15) is 0 Å². The number of hydrogen-bond acceptors (Lipinski definition) is 2. The molecule has 1 aliphatic heterocycles. The molecule has 0 saturated carbocycles. The third kappa shape index (κ3) is 3.39. The summed E-state index contributed by atoms with van der Waals surface area (Å²) >= 11 is 0. The third-order valence-electron chi connectivity index (χ3n) is 4.50. The second kappa shape index (κ2) is 7.09. The minimum atomic E-state index is -0.635. The van der Waals surface area contributed by atoms with Crippen LogP contribution in [-0.2, 0) is 15.3 Å². The fourth-order valence-corrected chi connectivity index (χ4v) is 5.55. The van der Waals surface area contributed by atoms with Crippen molar-refractivity contribution in [2.24, 2.45) is 0 Å². The molecule has 3 aromatic carbocycles. The van der Waals surface area contributed by atoms with Crippen LogP contribution in [0.1, 0.15) is 12.5 Å². The summed E-state index contributed by atoms with van der Waals surface area (Å²) in [5.41, 5.74) is 1.09. The van der Waals surface area contributed by atoms with Gasteiger partial charge in [0.25, 0.3) is 0 Å². The van der Waals surface area contributed by atoms with Crippen LogP contribution in [0, 0.1) is 0 Å². The summed E-state index contributed by atoms with van der Waals surface area (Å²) in [6.07, 6.45) is 0. The van der Waals surface area contributed by atoms with Crippen molar-refractivity contribution in [1.82, 2.24) is 0 Å². The molecule has 1 heterocycles. The van der Waals surface area contributed by atoms with Gasteiger partial charge in [-0.25, -0.2) is 0 Å². The van der Waals surface area contributed by atoms with Crippen LogP contribution < -0.4 is 15.9 Å². The minimum absolute atomic E-state index is 0.610. The van der Waals surface area contributed by atoms with Gasteiger partial charge in [0.05, 0.1) is 13.2 Å². The molecule has 1 saturated heterocycles. The van der Waals surface area contributed by atoms with Gasteiger partial charge >= 0.3 is 0 Å². The van der Waals surface area contributed by atoms with Gasteiger partial charge in [0, 0.05) is 5.56 Å². The van der Waals surface area contributed by atoms with Gasteiger partial charge in [-0.3, -0.25) is 0 Å². The van der Waals surface area contributed by atoms with Gasteiger partial charge in [0.2, 0.25) is 0 Å². The average Bonchev–Trinajstić information content (AvgIpc) is 3.12. The molecule has 0 atom stereocenters. The third-order valence-corrected chi connectivity index (χ3v) is 6.92. The summed E-state index contributed by atoms with van der Waals surface area (Å²) < 4.78 is 11.7. The first-order valence-corrected chi connectivity index (χ1v) is 9.89. The second-order valence-electron chi connectivity index (χ2n) is 6.20. The summed E-state index contributed by atoms with van der Waals surface area (Å²) in [6, 6.07) is 30.1. The van der Waals surface area contributed by atoms with Crippen molar-refractivity contribution in [3.05, 3.63) is 90.5 Å². The largest absolute Gasteiger partial charge is 0.344 e. The number of benzene rings is 3. The number of hydrogen-bond donors (Lipinski definition) is 0. The highest BCUT2D eigenvalue weighted by Gasteiger charge is 2.33. The Kier molecular flexibility index (Phi) is 4.67. The Morgan fingerprint density at radius 1 is 0.680 bits per heavy atom. The van der Waals surface area contributed by atoms with E-state index < -0.39 is 13.7 Å². The van der Waals surface area contributed by atoms with Gasteiger partial charge < -0.3 is 9.47 Å². The zero-order valence-corrected chi connectivity index (χ0v) is 15.2. The van der Waals surface area contributed by atoms with E-state index in [2.05, 4.69) is 84.9 Å². The van der Waals surface area contributed by atoms with Crippen LogP contribution >= 0.6 is 7.92 Å². The van der Waals surface area contributed by atoms with Crippen LogP contribution in [0.5, 0.6) is 0 Å². The molecule has 1 fully saturated rings. The minimum Gasteiger partial charge on any atom is -0.344 e. The molecule has 3 aromatic rings. The maximum absolute atomic E-state index is 5.86. The first-order valence-electron chi connectivity index (χ1n) is 8.55. The highest BCUT2D eigenvalue weighted by Crippen LogP contribution is 2.36. The van der Waals surface area contributed by atoms with E-state index in [0.717, 1.165) is 5.56 Å². The highest BCUT2D eigenvalue weighted by molar-refractivity contribution is 7.79. The molecule has 25 heavy (non-hydrogen) atoms. The Balaban J connectivity index is 1.81. The molecule has 1 aliphatic rings. The molecular weight excluding hydrogens is 327 g/mol. The molecule has 2 nitrogen and oxygen atoms in total. The van der Waals surface area contributed by atoms with Crippen molar-refractivity contribution in [3.63, 3.8) is 0 Å². The summed E-state index contributed by atoms with van der Waals surface area (Å²) in [5.74, 6) is -0.635. The highest BCUT2D eigenvalue weighted by atomic mass is 31.1. The molecule has 0 amide bonds. The van der Waals surface area contributed by atoms with Crippen molar-refractivity contribution in [2.75, 3.05) is 13.2 Å². The van der Waals surface area contributed by atoms with Gasteiger partial charge in [0.1, 0.15) is 0 Å². The van der Waals surface area contributed by atoms with E-state index in [4.69, 9.17) is 9.47 Å². The number of ether oxygens (including phenoxy) is 2. The monoisotopic (exact) mass is 348 g/mol. The topological polar surface area (TPSA) is 18.5 Å². The predicted molar refractivity (Wildman–Crippen MR) is 104 cm³/mol. The molecule has 0 unspecified atom stereocenters. The van der Waals surface area contributed by atoms with E-state index >= 15 is 0 Å². The fraction of sp³-hybridized carbons (Fsp3) is 0.182. The normalized spacial score (nSPS) is 16.2. The maximum atomic E-state index is 5.86. The smallest absolute Gasteiger partial charge is 0.192 e. The Bertz CT molecular complexity index is 787. The molecule has 0 radical (unpaired) electrons. The van der Waals surface area contributed by atoms with Crippen LogP contribution in [0.15, 0.2) is 84.9 Å². The standard InChI is InChI=1S/C22H21O2P/c1-22(23-15-16-24-22)18-9-8-14-21(17-18)25(19-10-4-2-5-11-19)20-12-6-3-7-13-20/h2-14,17H,15-16H2,1H3. The summed E-state index contributed by atoms with van der Waals surface area (Å²) in [6.45, 7) is 3.30. The summed E-state index contributed by atoms with van der Waals surface area (Å²) in [7, 11) is -0.610. The van der Waals surface area contributed by atoms with Crippen molar-refractivity contribution in [2.45, 2.75) is 12.7 Å². The first-order chi connectivity index (χ1) is 12.3. The van der Waals surface area contributed by atoms with E-state index in [1.807, 2.05) is 6.92 Å². The molecule has 0 N–H and O–H groups in total. The van der Waals surface area contributed by atoms with E-state index in [1.165, 1.54) is 15.9 Å². The molecule has 126 valence electrons. The molecule has 0 aromatic heterocycles. The lowest BCUT2D eigenvalue weighted by atomic mass is 10.1. The Labute approximate surface area is 150 Å². The van der Waals surface area contributed by atoms with Crippen LogP contribution in [0.3, 0.4) is 0 Å². The summed E-state index contributed by atoms with van der Waals surface area (Å²) in [4.78, 5) is 0.